The Morgan fingerprint density at radius 2 is 1.74 bits per heavy atom. The number of hydrogen-bond acceptors (Lipinski definition) is 4. The van der Waals surface area contributed by atoms with Gasteiger partial charge in [0.1, 0.15) is 16.6 Å². The van der Waals surface area contributed by atoms with Crippen LogP contribution in [0.25, 0.3) is 11.0 Å². The van der Waals surface area contributed by atoms with Crippen LogP contribution in [-0.4, -0.2) is 20.5 Å². The van der Waals surface area contributed by atoms with Gasteiger partial charge in [-0.05, 0) is 19.1 Å². The zero-order valence-corrected chi connectivity index (χ0v) is 11.5. The molecule has 124 valence electrons. The molecule has 11 heteroatoms. The van der Waals surface area contributed by atoms with Gasteiger partial charge in [0.2, 0.25) is 0 Å². The lowest BCUT2D eigenvalue weighted by molar-refractivity contribution is -0.142. The number of nitrogens with zero attached hydrogens (tertiary/aromatic N) is 4. The van der Waals surface area contributed by atoms with Crippen LogP contribution in [0.1, 0.15) is 18.1 Å². The molecule has 0 radical (unpaired) electrons. The molecule has 0 fully saturated rings. The van der Waals surface area contributed by atoms with Crippen LogP contribution >= 0.6 is 0 Å². The van der Waals surface area contributed by atoms with Crippen molar-refractivity contribution in [1.29, 1.82) is 5.26 Å². The molecule has 2 aromatic rings. The fourth-order valence-corrected chi connectivity index (χ4v) is 1.84. The molecule has 1 atom stereocenters. The number of rotatable bonds is 2. The molecule has 0 spiro atoms. The monoisotopic (exact) mass is 337 g/mol. The Labute approximate surface area is 125 Å². The molecule has 0 aliphatic carbocycles. The molecule has 0 aliphatic heterocycles. The van der Waals surface area contributed by atoms with Crippen molar-refractivity contribution in [3.63, 3.8) is 0 Å². The number of fused-ring (bicyclic) bond motifs is 1. The zero-order chi connectivity index (χ0) is 17.6. The van der Waals surface area contributed by atoms with Crippen LogP contribution in [-0.2, 0) is 18.9 Å². The third kappa shape index (κ3) is 3.53. The van der Waals surface area contributed by atoms with E-state index in [1.807, 2.05) is 0 Å². The summed E-state index contributed by atoms with van der Waals surface area (Å²) in [5.74, 6) is 0. The second-order valence-corrected chi connectivity index (χ2v) is 5.15. The minimum atomic E-state index is -5.04. The van der Waals surface area contributed by atoms with E-state index in [2.05, 4.69) is 10.2 Å². The fourth-order valence-electron chi connectivity index (χ4n) is 1.84. The van der Waals surface area contributed by atoms with Gasteiger partial charge in [0.25, 0.3) is 0 Å². The van der Waals surface area contributed by atoms with Gasteiger partial charge in [-0.3, -0.25) is 0 Å². The second kappa shape index (κ2) is 5.09. The topological polar surface area (TPSA) is 80.5 Å². The summed E-state index contributed by atoms with van der Waals surface area (Å²) >= 11 is 0. The molecular formula is C12H9F6N5. The maximum atomic E-state index is 13.0. The third-order valence-electron chi connectivity index (χ3n) is 2.89. The van der Waals surface area contributed by atoms with Crippen molar-refractivity contribution in [2.75, 3.05) is 0 Å². The van der Waals surface area contributed by atoms with E-state index >= 15 is 0 Å². The van der Waals surface area contributed by atoms with Gasteiger partial charge in [-0.2, -0.15) is 46.6 Å². The summed E-state index contributed by atoms with van der Waals surface area (Å²) in [5.41, 5.74) is -0.314. The minimum Gasteiger partial charge on any atom is -0.312 e. The van der Waals surface area contributed by atoms with Gasteiger partial charge in [0.05, 0.1) is 23.7 Å². The van der Waals surface area contributed by atoms with E-state index in [0.29, 0.717) is 10.9 Å². The zero-order valence-electron chi connectivity index (χ0n) is 11.5. The molecule has 1 unspecified atom stereocenters. The predicted molar refractivity (Wildman–Crippen MR) is 65.7 cm³/mol. The molecule has 5 nitrogen and oxygen atoms in total. The van der Waals surface area contributed by atoms with Crippen molar-refractivity contribution in [2.45, 2.75) is 31.4 Å². The van der Waals surface area contributed by atoms with Gasteiger partial charge in [0.15, 0.2) is 0 Å². The van der Waals surface area contributed by atoms with E-state index in [1.165, 1.54) is 6.92 Å². The largest absolute Gasteiger partial charge is 0.418 e. The Kier molecular flexibility index (Phi) is 3.76. The highest BCUT2D eigenvalue weighted by Crippen LogP contribution is 2.38. The Bertz CT molecular complexity index is 780. The molecular weight excluding hydrogens is 328 g/mol. The number of benzene rings is 1. The van der Waals surface area contributed by atoms with E-state index in [9.17, 15) is 26.3 Å². The Hall–Kier alpha value is -2.35. The number of alkyl halides is 6. The maximum absolute atomic E-state index is 13.0. The molecule has 1 aromatic carbocycles. The number of hydrogen-bond donors (Lipinski definition) is 1. The van der Waals surface area contributed by atoms with Crippen LogP contribution in [0.4, 0.5) is 26.3 Å². The minimum absolute atomic E-state index is 0.0205. The van der Waals surface area contributed by atoms with Crippen LogP contribution in [0.5, 0.6) is 0 Å². The molecule has 2 N–H and O–H groups in total. The highest BCUT2D eigenvalue weighted by molar-refractivity contribution is 5.79. The number of halogens is 6. The summed E-state index contributed by atoms with van der Waals surface area (Å²) in [5, 5.41) is 15.9. The lowest BCUT2D eigenvalue weighted by Crippen LogP contribution is -2.39. The third-order valence-corrected chi connectivity index (χ3v) is 2.89. The molecule has 1 heterocycles. The van der Waals surface area contributed by atoms with Gasteiger partial charge in [-0.25, -0.2) is 0 Å². The molecule has 1 aromatic heterocycles. The van der Waals surface area contributed by atoms with Crippen molar-refractivity contribution in [3.8, 4) is 6.07 Å². The molecule has 0 saturated carbocycles. The molecule has 23 heavy (non-hydrogen) atoms. The molecule has 0 aliphatic rings. The molecule has 0 amide bonds. The van der Waals surface area contributed by atoms with Gasteiger partial charge in [0, 0.05) is 0 Å². The Balaban J connectivity index is 2.67. The van der Waals surface area contributed by atoms with Crippen molar-refractivity contribution in [1.82, 2.24) is 15.0 Å². The molecule has 0 bridgehead atoms. The number of nitriles is 1. The van der Waals surface area contributed by atoms with Crippen LogP contribution in [0.2, 0.25) is 0 Å². The van der Waals surface area contributed by atoms with Crippen molar-refractivity contribution < 1.29 is 26.3 Å². The van der Waals surface area contributed by atoms with Crippen LogP contribution in [0, 0.1) is 11.3 Å². The predicted octanol–water partition coefficient (Wildman–Crippen LogP) is 2.71. The molecule has 0 saturated heterocycles. The first-order valence-electron chi connectivity index (χ1n) is 6.07. The Morgan fingerprint density at radius 1 is 1.13 bits per heavy atom. The van der Waals surface area contributed by atoms with E-state index in [4.69, 9.17) is 11.0 Å². The van der Waals surface area contributed by atoms with Gasteiger partial charge < -0.3 is 5.73 Å². The SMILES string of the molecule is CC(N)(C#N)Cn1nc2cc(C(F)(F)F)cc(C(F)(F)F)c2n1. The second-order valence-electron chi connectivity index (χ2n) is 5.15. The van der Waals surface area contributed by atoms with Gasteiger partial charge in [-0.15, -0.1) is 0 Å². The summed E-state index contributed by atoms with van der Waals surface area (Å²) in [4.78, 5) is 0.684. The summed E-state index contributed by atoms with van der Waals surface area (Å²) in [6.45, 7) is 0.906. The lowest BCUT2D eigenvalue weighted by Gasteiger charge is -2.13. The lowest BCUT2D eigenvalue weighted by atomic mass is 10.1. The maximum Gasteiger partial charge on any atom is 0.418 e. The van der Waals surface area contributed by atoms with E-state index < -0.39 is 40.1 Å². The van der Waals surface area contributed by atoms with E-state index in [-0.39, 0.29) is 12.6 Å². The van der Waals surface area contributed by atoms with Gasteiger partial charge in [-0.1, -0.05) is 0 Å². The first-order valence-corrected chi connectivity index (χ1v) is 6.07. The average Bonchev–Trinajstić information content (AvgIpc) is 2.76. The van der Waals surface area contributed by atoms with Crippen LogP contribution < -0.4 is 5.73 Å². The summed E-state index contributed by atoms with van der Waals surface area (Å²) < 4.78 is 77.1. The highest BCUT2D eigenvalue weighted by Gasteiger charge is 2.39. The van der Waals surface area contributed by atoms with Crippen LogP contribution in [0.15, 0.2) is 12.1 Å². The first kappa shape index (κ1) is 17.0. The van der Waals surface area contributed by atoms with Crippen molar-refractivity contribution in [2.24, 2.45) is 5.73 Å². The summed E-state index contributed by atoms with van der Waals surface area (Å²) in [6.07, 6.45) is -10.0. The van der Waals surface area contributed by atoms with Gasteiger partial charge >= 0.3 is 12.4 Å². The summed E-state index contributed by atoms with van der Waals surface area (Å²) in [7, 11) is 0. The average molecular weight is 337 g/mol. The Morgan fingerprint density at radius 3 is 2.22 bits per heavy atom. The van der Waals surface area contributed by atoms with E-state index in [1.54, 1.807) is 6.07 Å². The first-order chi connectivity index (χ1) is 10.3. The fraction of sp³-hybridized carbons (Fsp3) is 0.417. The quantitative estimate of drug-likeness (QED) is 0.855. The number of nitrogens with two attached hydrogens (primary N) is 1. The van der Waals surface area contributed by atoms with E-state index in [0.717, 1.165) is 0 Å². The number of aromatic nitrogens is 3. The van der Waals surface area contributed by atoms with Crippen LogP contribution in [0.3, 0.4) is 0 Å². The summed E-state index contributed by atoms with van der Waals surface area (Å²) in [6, 6.07) is 2.14. The van der Waals surface area contributed by atoms with Crippen molar-refractivity contribution >= 4 is 11.0 Å². The highest BCUT2D eigenvalue weighted by atomic mass is 19.4. The normalized spacial score (nSPS) is 15.4. The smallest absolute Gasteiger partial charge is 0.312 e. The van der Waals surface area contributed by atoms with Crippen molar-refractivity contribution in [3.05, 3.63) is 23.3 Å². The molecule has 2 rings (SSSR count). The standard InChI is InChI=1S/C12H9F6N5/c1-10(20,4-19)5-23-21-8-3-6(11(13,14)15)2-7(9(8)22-23)12(16,17)18/h2-3H,5,20H2,1H3.